The van der Waals surface area contributed by atoms with Gasteiger partial charge in [-0.05, 0) is 154 Å². The molecule has 0 aliphatic heterocycles. The zero-order valence-corrected chi connectivity index (χ0v) is 51.0. The highest BCUT2D eigenvalue weighted by Crippen LogP contribution is 2.44. The van der Waals surface area contributed by atoms with Gasteiger partial charge < -0.3 is 18.6 Å². The molecule has 14 rings (SSSR count). The minimum absolute atomic E-state index is 0.0123. The smallest absolute Gasteiger partial charge is 0.248 e. The summed E-state index contributed by atoms with van der Waals surface area (Å²) >= 11 is 0. The van der Waals surface area contributed by atoms with Crippen molar-refractivity contribution in [3.05, 3.63) is 290 Å². The van der Waals surface area contributed by atoms with E-state index in [0.29, 0.717) is 23.6 Å². The van der Waals surface area contributed by atoms with Gasteiger partial charge in [0, 0.05) is 78.6 Å². The Hall–Kier alpha value is -11.4. The van der Waals surface area contributed by atoms with E-state index in [4.69, 9.17) is 18.8 Å². The number of benzene rings is 11. The first-order valence-electron chi connectivity index (χ1n) is 30.3. The van der Waals surface area contributed by atoms with E-state index in [1.165, 1.54) is 11.1 Å². The van der Waals surface area contributed by atoms with Crippen molar-refractivity contribution >= 4 is 45.2 Å². The summed E-state index contributed by atoms with van der Waals surface area (Å²) in [6, 6.07) is 96.6. The molecule has 0 saturated carbocycles. The molecule has 14 aromatic rings. The van der Waals surface area contributed by atoms with Crippen LogP contribution in [-0.2, 0) is 10.8 Å². The molecule has 10 heteroatoms. The van der Waals surface area contributed by atoms with Crippen LogP contribution in [0.4, 0.5) is 34.1 Å². The monoisotopic (exact) mass is 1170 g/mol. The van der Waals surface area contributed by atoms with Gasteiger partial charge in [-0.1, -0.05) is 199 Å². The Balaban J connectivity index is 0.893. The van der Waals surface area contributed by atoms with Gasteiger partial charge in [-0.2, -0.15) is 0 Å². The topological polar surface area (TPSA) is 110 Å². The summed E-state index contributed by atoms with van der Waals surface area (Å²) in [6.07, 6.45) is 0. The number of para-hydroxylation sites is 2. The van der Waals surface area contributed by atoms with Gasteiger partial charge in [0.05, 0.1) is 22.4 Å². The van der Waals surface area contributed by atoms with Crippen LogP contribution in [-0.4, -0.2) is 30.4 Å². The van der Waals surface area contributed by atoms with Crippen LogP contribution in [0, 0.1) is 0 Å². The normalized spacial score (nSPS) is 11.7. The molecule has 0 fully saturated rings. The molecule has 3 heterocycles. The Kier molecular flexibility index (Phi) is 14.9. The van der Waals surface area contributed by atoms with Crippen molar-refractivity contribution in [3.63, 3.8) is 0 Å². The number of fused-ring (bicyclic) bond motifs is 1. The molecule has 0 N–H and O–H groups in total. The zero-order valence-electron chi connectivity index (χ0n) is 51.0. The van der Waals surface area contributed by atoms with E-state index >= 15 is 0 Å². The highest BCUT2D eigenvalue weighted by Gasteiger charge is 2.24. The summed E-state index contributed by atoms with van der Waals surface area (Å²) in [4.78, 5) is 16.2. The van der Waals surface area contributed by atoms with Crippen molar-refractivity contribution in [1.82, 2.24) is 30.4 Å². The number of anilines is 6. The minimum atomic E-state index is -0.0123. The molecule has 436 valence electrons. The first-order chi connectivity index (χ1) is 43.9. The first-order valence-corrected chi connectivity index (χ1v) is 30.3. The summed E-state index contributed by atoms with van der Waals surface area (Å²) in [5, 5.41) is 17.5. The lowest BCUT2D eigenvalue weighted by Gasteiger charge is -2.26. The Labute approximate surface area is 524 Å². The van der Waals surface area contributed by atoms with Gasteiger partial charge in [0.2, 0.25) is 23.6 Å². The quantitative estimate of drug-likeness (QED) is 0.104. The van der Waals surface area contributed by atoms with Gasteiger partial charge in [0.25, 0.3) is 0 Å². The molecule has 11 aromatic carbocycles. The summed E-state index contributed by atoms with van der Waals surface area (Å²) in [5.74, 6) is 1.85. The number of hydrogen-bond acceptors (Lipinski definition) is 10. The highest BCUT2D eigenvalue weighted by atomic mass is 16.4. The maximum Gasteiger partial charge on any atom is 0.248 e. The van der Waals surface area contributed by atoms with Crippen LogP contribution < -0.4 is 9.80 Å². The van der Waals surface area contributed by atoms with Gasteiger partial charge in [-0.25, -0.2) is 9.97 Å². The second-order valence-corrected chi connectivity index (χ2v) is 24.5. The molecule has 0 amide bonds. The van der Waals surface area contributed by atoms with E-state index in [1.54, 1.807) is 0 Å². The van der Waals surface area contributed by atoms with Crippen LogP contribution >= 0.6 is 0 Å². The van der Waals surface area contributed by atoms with Gasteiger partial charge in [0.1, 0.15) is 0 Å². The van der Waals surface area contributed by atoms with Crippen LogP contribution in [0.3, 0.4) is 0 Å². The van der Waals surface area contributed by atoms with Crippen molar-refractivity contribution in [1.29, 1.82) is 0 Å². The van der Waals surface area contributed by atoms with E-state index < -0.39 is 0 Å². The maximum atomic E-state index is 6.17. The van der Waals surface area contributed by atoms with Gasteiger partial charge >= 0.3 is 0 Å². The van der Waals surface area contributed by atoms with Crippen LogP contribution in [0.15, 0.2) is 288 Å². The van der Waals surface area contributed by atoms with Crippen LogP contribution in [0.5, 0.6) is 0 Å². The first kappa shape index (κ1) is 56.4. The summed E-state index contributed by atoms with van der Waals surface area (Å²) in [5.41, 5.74) is 20.8. The van der Waals surface area contributed by atoms with E-state index in [2.05, 4.69) is 254 Å². The molecular weight excluding hydrogens is 1100 g/mol. The van der Waals surface area contributed by atoms with E-state index in [1.807, 2.05) is 97.1 Å². The molecule has 10 nitrogen and oxygen atoms in total. The fraction of sp³-hybridized carbons (Fsp3) is 0.100. The maximum absolute atomic E-state index is 6.17. The second-order valence-electron chi connectivity index (χ2n) is 24.5. The lowest BCUT2D eigenvalue weighted by Crippen LogP contribution is -2.10. The lowest BCUT2D eigenvalue weighted by molar-refractivity contribution is 0.584. The molecule has 3 aromatic heterocycles. The third kappa shape index (κ3) is 11.5. The third-order valence-electron chi connectivity index (χ3n) is 16.4. The van der Waals surface area contributed by atoms with Crippen molar-refractivity contribution in [2.75, 3.05) is 9.80 Å². The number of rotatable bonds is 14. The second kappa shape index (κ2) is 23.7. The Morgan fingerprint density at radius 2 is 0.489 bits per heavy atom. The van der Waals surface area contributed by atoms with Gasteiger partial charge in [0.15, 0.2) is 0 Å². The third-order valence-corrected chi connectivity index (χ3v) is 16.4. The van der Waals surface area contributed by atoms with Crippen molar-refractivity contribution in [2.45, 2.75) is 52.4 Å². The molecule has 0 atom stereocenters. The fourth-order valence-corrected chi connectivity index (χ4v) is 11.5. The Morgan fingerprint density at radius 3 is 0.778 bits per heavy atom. The highest BCUT2D eigenvalue weighted by molar-refractivity contribution is 6.03. The molecule has 0 bridgehead atoms. The predicted molar refractivity (Wildman–Crippen MR) is 366 cm³/mol. The fourth-order valence-electron chi connectivity index (χ4n) is 11.5. The van der Waals surface area contributed by atoms with Crippen molar-refractivity contribution in [3.8, 4) is 90.6 Å². The Morgan fingerprint density at radius 1 is 0.244 bits per heavy atom. The van der Waals surface area contributed by atoms with Crippen molar-refractivity contribution < 1.29 is 8.83 Å². The summed E-state index contributed by atoms with van der Waals surface area (Å²) in [7, 11) is 0. The molecule has 0 spiro atoms. The average molecular weight is 1170 g/mol. The number of nitrogens with zero attached hydrogens (tertiary/aromatic N) is 8. The van der Waals surface area contributed by atoms with Crippen LogP contribution in [0.25, 0.3) is 102 Å². The van der Waals surface area contributed by atoms with Crippen LogP contribution in [0.1, 0.15) is 52.7 Å². The van der Waals surface area contributed by atoms with Crippen LogP contribution in [0.2, 0.25) is 0 Å². The molecule has 90 heavy (non-hydrogen) atoms. The zero-order chi connectivity index (χ0) is 61.3. The summed E-state index contributed by atoms with van der Waals surface area (Å²) in [6.45, 7) is 13.5. The number of aromatic nitrogens is 6. The predicted octanol–water partition coefficient (Wildman–Crippen LogP) is 21.3. The summed E-state index contributed by atoms with van der Waals surface area (Å²) < 4.78 is 12.3. The van der Waals surface area contributed by atoms with Crippen molar-refractivity contribution in [2.24, 2.45) is 0 Å². The minimum Gasteiger partial charge on any atom is -0.416 e. The van der Waals surface area contributed by atoms with E-state index in [0.717, 1.165) is 112 Å². The molecular formula is C80H64N8O2. The van der Waals surface area contributed by atoms with Gasteiger partial charge in [-0.15, -0.1) is 20.4 Å². The SMILES string of the molecule is CC(C)(C)c1ccc(-c2ccc(-c3ccc(C(C)(C)C)cc3)c3nc(-c4ccc(N(c5ccccc5)c5ccc(-c6nnc(-c7ccccc7)o6)cc5)cc4)c(-c4ccc(N(c5ccccc5)c5ccc(-c6nnc(-c7ccccc7)o6)cc5)cc4)nc23)cc1. The Bertz CT molecular complexity index is 4460. The standard InChI is InChI=1S/C80H64N8O2/c1-79(2,3)61-39-27-53(28-40-61)69-51-52-70(54-29-41-62(42-30-54)80(4,5)6)74-73(69)81-71(55-31-43-65(44-32-55)87(63-23-15-9-16-24-63)67-47-35-59(36-48-67)77-85-83-75(89-77)57-19-11-7-12-20-57)72(82-74)56-33-45-66(46-34-56)88(64-25-17-10-18-26-64)68-49-37-60(38-50-68)78-86-84-76(90-78)58-21-13-8-14-22-58/h7-52H,1-6H3. The lowest BCUT2D eigenvalue weighted by atomic mass is 9.85. The average Bonchev–Trinajstić information content (AvgIpc) is 0.962. The molecule has 0 unspecified atom stereocenters. The molecule has 0 aliphatic rings. The van der Waals surface area contributed by atoms with E-state index in [-0.39, 0.29) is 10.8 Å². The van der Waals surface area contributed by atoms with E-state index in [9.17, 15) is 0 Å². The van der Waals surface area contributed by atoms with Gasteiger partial charge in [-0.3, -0.25) is 0 Å². The molecule has 0 saturated heterocycles. The number of hydrogen-bond donors (Lipinski definition) is 0. The molecule has 0 aliphatic carbocycles. The molecule has 0 radical (unpaired) electrons. The largest absolute Gasteiger partial charge is 0.416 e.